The molecule has 5 heteroatoms. The summed E-state index contributed by atoms with van der Waals surface area (Å²) in [5.41, 5.74) is 8.36. The molecular formula is C19H23N3O2. The number of hydrogen-bond donors (Lipinski definition) is 3. The summed E-state index contributed by atoms with van der Waals surface area (Å²) in [6.45, 7) is 6.04. The molecule has 5 nitrogen and oxygen atoms in total. The minimum atomic E-state index is -0.492. The second-order valence-electron chi connectivity index (χ2n) is 6.04. The topological polar surface area (TPSA) is 84.2 Å². The molecule has 126 valence electrons. The second kappa shape index (κ2) is 7.64. The zero-order chi connectivity index (χ0) is 17.7. The maximum Gasteiger partial charge on any atom is 0.248 e. The summed E-state index contributed by atoms with van der Waals surface area (Å²) in [7, 11) is 0. The molecule has 0 aliphatic carbocycles. The summed E-state index contributed by atoms with van der Waals surface area (Å²) in [6.07, 6.45) is 0. The van der Waals surface area contributed by atoms with Crippen molar-refractivity contribution in [2.24, 2.45) is 5.73 Å². The Morgan fingerprint density at radius 3 is 2.17 bits per heavy atom. The van der Waals surface area contributed by atoms with Crippen molar-refractivity contribution in [1.82, 2.24) is 0 Å². The smallest absolute Gasteiger partial charge is 0.248 e. The first-order chi connectivity index (χ1) is 11.4. The van der Waals surface area contributed by atoms with E-state index >= 15 is 0 Å². The fourth-order valence-electron chi connectivity index (χ4n) is 2.40. The normalized spacial score (nSPS) is 11.8. The quantitative estimate of drug-likeness (QED) is 0.761. The third-order valence-corrected chi connectivity index (χ3v) is 3.79. The molecule has 0 aliphatic rings. The van der Waals surface area contributed by atoms with Crippen LogP contribution in [0, 0.1) is 0 Å². The van der Waals surface area contributed by atoms with Crippen molar-refractivity contribution in [3.05, 3.63) is 59.7 Å². The molecule has 0 radical (unpaired) electrons. The fourth-order valence-corrected chi connectivity index (χ4v) is 2.40. The van der Waals surface area contributed by atoms with Gasteiger partial charge in [0.2, 0.25) is 11.8 Å². The van der Waals surface area contributed by atoms with Crippen LogP contribution in [0.5, 0.6) is 0 Å². The number of nitrogens with two attached hydrogens (primary N) is 1. The Morgan fingerprint density at radius 2 is 1.58 bits per heavy atom. The molecule has 0 unspecified atom stereocenters. The Bertz CT molecular complexity index is 724. The Hall–Kier alpha value is -2.82. The average molecular weight is 325 g/mol. The second-order valence-corrected chi connectivity index (χ2v) is 6.04. The Morgan fingerprint density at radius 1 is 0.958 bits per heavy atom. The van der Waals surface area contributed by atoms with Crippen molar-refractivity contribution in [3.63, 3.8) is 0 Å². The molecule has 0 fully saturated rings. The summed E-state index contributed by atoms with van der Waals surface area (Å²) in [4.78, 5) is 23.4. The summed E-state index contributed by atoms with van der Waals surface area (Å²) in [6, 6.07) is 14.1. The van der Waals surface area contributed by atoms with Crippen LogP contribution in [0.3, 0.4) is 0 Å². The van der Waals surface area contributed by atoms with E-state index in [1.54, 1.807) is 24.3 Å². The van der Waals surface area contributed by atoms with Gasteiger partial charge in [0.15, 0.2) is 0 Å². The number of benzene rings is 2. The van der Waals surface area contributed by atoms with E-state index in [1.807, 2.05) is 25.1 Å². The van der Waals surface area contributed by atoms with E-state index in [9.17, 15) is 9.59 Å². The van der Waals surface area contributed by atoms with Crippen molar-refractivity contribution >= 4 is 23.2 Å². The third kappa shape index (κ3) is 4.35. The van der Waals surface area contributed by atoms with Crippen molar-refractivity contribution < 1.29 is 9.59 Å². The lowest BCUT2D eigenvalue weighted by Gasteiger charge is -2.19. The summed E-state index contributed by atoms with van der Waals surface area (Å²) < 4.78 is 0. The molecule has 2 aromatic carbocycles. The largest absolute Gasteiger partial charge is 0.374 e. The van der Waals surface area contributed by atoms with Crippen LogP contribution >= 0.6 is 0 Å². The predicted octanol–water partition coefficient (Wildman–Crippen LogP) is 3.35. The van der Waals surface area contributed by atoms with E-state index in [4.69, 9.17) is 5.73 Å². The van der Waals surface area contributed by atoms with Crippen LogP contribution in [0.4, 0.5) is 11.4 Å². The van der Waals surface area contributed by atoms with Crippen LogP contribution in [-0.2, 0) is 4.79 Å². The van der Waals surface area contributed by atoms with Crippen LogP contribution in [0.15, 0.2) is 48.5 Å². The van der Waals surface area contributed by atoms with Crippen LogP contribution in [-0.4, -0.2) is 17.9 Å². The minimum Gasteiger partial charge on any atom is -0.374 e. The molecule has 0 saturated carbocycles. The molecule has 2 amide bonds. The molecule has 0 aliphatic heterocycles. The van der Waals surface area contributed by atoms with Crippen LogP contribution in [0.2, 0.25) is 0 Å². The van der Waals surface area contributed by atoms with Crippen LogP contribution in [0.1, 0.15) is 42.6 Å². The molecule has 2 aromatic rings. The monoisotopic (exact) mass is 325 g/mol. The number of amides is 2. The summed E-state index contributed by atoms with van der Waals surface area (Å²) in [5, 5.41) is 6.08. The number of hydrogen-bond acceptors (Lipinski definition) is 3. The van der Waals surface area contributed by atoms with Gasteiger partial charge in [0.05, 0.1) is 0 Å². The Kier molecular flexibility index (Phi) is 5.58. The van der Waals surface area contributed by atoms with Crippen molar-refractivity contribution in [1.29, 1.82) is 0 Å². The van der Waals surface area contributed by atoms with E-state index < -0.39 is 11.9 Å². The predicted molar refractivity (Wildman–Crippen MR) is 97.2 cm³/mol. The highest BCUT2D eigenvalue weighted by Gasteiger charge is 2.15. The van der Waals surface area contributed by atoms with Crippen molar-refractivity contribution in [2.75, 3.05) is 10.6 Å². The van der Waals surface area contributed by atoms with E-state index in [0.717, 1.165) is 5.69 Å². The SMILES string of the molecule is CC(C)c1ccccc1N[C@H](C)C(=O)Nc1ccc(C(N)=O)cc1. The molecular weight excluding hydrogens is 302 g/mol. The fraction of sp³-hybridized carbons (Fsp3) is 0.263. The van der Waals surface area contributed by atoms with Gasteiger partial charge in [-0.2, -0.15) is 0 Å². The van der Waals surface area contributed by atoms with Gasteiger partial charge in [-0.25, -0.2) is 0 Å². The molecule has 1 atom stereocenters. The van der Waals surface area contributed by atoms with E-state index in [-0.39, 0.29) is 5.91 Å². The highest BCUT2D eigenvalue weighted by molar-refractivity contribution is 5.97. The molecule has 0 heterocycles. The third-order valence-electron chi connectivity index (χ3n) is 3.79. The molecule has 0 aromatic heterocycles. The number of rotatable bonds is 6. The first-order valence-electron chi connectivity index (χ1n) is 7.94. The van der Waals surface area contributed by atoms with Gasteiger partial charge < -0.3 is 16.4 Å². The van der Waals surface area contributed by atoms with Gasteiger partial charge >= 0.3 is 0 Å². The highest BCUT2D eigenvalue weighted by Crippen LogP contribution is 2.24. The van der Waals surface area contributed by atoms with Gasteiger partial charge in [-0.05, 0) is 48.7 Å². The summed E-state index contributed by atoms with van der Waals surface area (Å²) >= 11 is 0. The van der Waals surface area contributed by atoms with E-state index in [2.05, 4.69) is 30.5 Å². The first-order valence-corrected chi connectivity index (χ1v) is 7.94. The van der Waals surface area contributed by atoms with Crippen molar-refractivity contribution in [3.8, 4) is 0 Å². The van der Waals surface area contributed by atoms with Gasteiger partial charge in [-0.3, -0.25) is 9.59 Å². The number of nitrogens with one attached hydrogen (secondary N) is 2. The van der Waals surface area contributed by atoms with Crippen molar-refractivity contribution in [2.45, 2.75) is 32.7 Å². The lowest BCUT2D eigenvalue weighted by Crippen LogP contribution is -2.32. The van der Waals surface area contributed by atoms with Crippen LogP contribution in [0.25, 0.3) is 0 Å². The lowest BCUT2D eigenvalue weighted by atomic mass is 10.0. The van der Waals surface area contributed by atoms with E-state index in [1.165, 1.54) is 5.56 Å². The minimum absolute atomic E-state index is 0.152. The molecule has 24 heavy (non-hydrogen) atoms. The number of carbonyl (C=O) groups is 2. The average Bonchev–Trinajstić information content (AvgIpc) is 2.55. The maximum atomic E-state index is 12.4. The van der Waals surface area contributed by atoms with Gasteiger partial charge in [0.1, 0.15) is 6.04 Å². The highest BCUT2D eigenvalue weighted by atomic mass is 16.2. The number of primary amides is 1. The zero-order valence-electron chi connectivity index (χ0n) is 14.2. The molecule has 2 rings (SSSR count). The van der Waals surface area contributed by atoms with Crippen LogP contribution < -0.4 is 16.4 Å². The molecule has 0 saturated heterocycles. The number of carbonyl (C=O) groups excluding carboxylic acids is 2. The summed E-state index contributed by atoms with van der Waals surface area (Å²) in [5.74, 6) is -0.279. The number of anilines is 2. The van der Waals surface area contributed by atoms with Gasteiger partial charge in [-0.1, -0.05) is 32.0 Å². The van der Waals surface area contributed by atoms with Gasteiger partial charge in [0.25, 0.3) is 0 Å². The molecule has 0 spiro atoms. The Balaban J connectivity index is 2.03. The number of para-hydroxylation sites is 1. The first kappa shape index (κ1) is 17.5. The standard InChI is InChI=1S/C19H23N3O2/c1-12(2)16-6-4-5-7-17(16)21-13(3)19(24)22-15-10-8-14(9-11-15)18(20)23/h4-13,21H,1-3H3,(H2,20,23)(H,22,24)/t13-/m1/s1. The lowest BCUT2D eigenvalue weighted by molar-refractivity contribution is -0.116. The maximum absolute atomic E-state index is 12.4. The zero-order valence-corrected chi connectivity index (χ0v) is 14.2. The van der Waals surface area contributed by atoms with Gasteiger partial charge in [0, 0.05) is 16.9 Å². The van der Waals surface area contributed by atoms with Gasteiger partial charge in [-0.15, -0.1) is 0 Å². The van der Waals surface area contributed by atoms with E-state index in [0.29, 0.717) is 17.2 Å². The molecule has 4 N–H and O–H groups in total. The Labute approximate surface area is 142 Å². The molecule has 0 bridgehead atoms.